The number of hydrogen-bond donors (Lipinski definition) is 1. The fourth-order valence-electron chi connectivity index (χ4n) is 2.25. The summed E-state index contributed by atoms with van der Waals surface area (Å²) in [5, 5.41) is 2.92. The largest absolute Gasteiger partial charge is 0.350 e. The van der Waals surface area contributed by atoms with Crippen LogP contribution in [0.3, 0.4) is 0 Å². The Morgan fingerprint density at radius 1 is 1.09 bits per heavy atom. The fourth-order valence-corrected chi connectivity index (χ4v) is 2.71. The molecule has 0 bridgehead atoms. The molecule has 0 radical (unpaired) electrons. The van der Waals surface area contributed by atoms with Crippen molar-refractivity contribution in [3.8, 4) is 11.5 Å². The van der Waals surface area contributed by atoms with Crippen LogP contribution in [0.15, 0.2) is 65.5 Å². The van der Waals surface area contributed by atoms with Gasteiger partial charge in [-0.25, -0.2) is 4.98 Å². The predicted octanol–water partition coefficient (Wildman–Crippen LogP) is 3.14. The lowest BCUT2D eigenvalue weighted by atomic mass is 10.2. The molecular formula is C17H15BrN4O. The van der Waals surface area contributed by atoms with E-state index in [-0.39, 0.29) is 5.91 Å². The Bertz CT molecular complexity index is 801. The number of aromatic nitrogens is 3. The van der Waals surface area contributed by atoms with Crippen molar-refractivity contribution in [2.75, 3.05) is 6.54 Å². The molecule has 0 aliphatic rings. The first-order valence-electron chi connectivity index (χ1n) is 7.21. The van der Waals surface area contributed by atoms with Gasteiger partial charge in [0.05, 0.1) is 5.56 Å². The molecule has 0 unspecified atom stereocenters. The van der Waals surface area contributed by atoms with Crippen molar-refractivity contribution in [2.45, 2.75) is 6.54 Å². The van der Waals surface area contributed by atoms with Gasteiger partial charge >= 0.3 is 0 Å². The van der Waals surface area contributed by atoms with Crippen LogP contribution in [0.25, 0.3) is 11.5 Å². The first kappa shape index (κ1) is 15.4. The first-order chi connectivity index (χ1) is 11.3. The molecule has 0 aliphatic carbocycles. The quantitative estimate of drug-likeness (QED) is 0.750. The van der Waals surface area contributed by atoms with E-state index in [4.69, 9.17) is 0 Å². The van der Waals surface area contributed by atoms with Gasteiger partial charge in [0.2, 0.25) is 0 Å². The fraction of sp³-hybridized carbons (Fsp3) is 0.118. The van der Waals surface area contributed by atoms with E-state index >= 15 is 0 Å². The van der Waals surface area contributed by atoms with Crippen LogP contribution in [0.2, 0.25) is 0 Å². The van der Waals surface area contributed by atoms with Crippen molar-refractivity contribution in [3.63, 3.8) is 0 Å². The van der Waals surface area contributed by atoms with Gasteiger partial charge in [-0.2, -0.15) is 0 Å². The van der Waals surface area contributed by atoms with Gasteiger partial charge < -0.3 is 9.88 Å². The number of carbonyl (C=O) groups excluding carboxylic acids is 1. The third-order valence-electron chi connectivity index (χ3n) is 3.37. The number of nitrogens with one attached hydrogen (secondary N) is 1. The van der Waals surface area contributed by atoms with E-state index in [1.807, 2.05) is 47.2 Å². The van der Waals surface area contributed by atoms with E-state index in [9.17, 15) is 4.79 Å². The molecule has 1 aromatic carbocycles. The van der Waals surface area contributed by atoms with E-state index in [0.29, 0.717) is 18.7 Å². The lowest BCUT2D eigenvalue weighted by Gasteiger charge is -2.09. The lowest BCUT2D eigenvalue weighted by Crippen LogP contribution is -2.27. The number of nitrogens with zero attached hydrogens (tertiary/aromatic N) is 3. The summed E-state index contributed by atoms with van der Waals surface area (Å²) in [6.45, 7) is 1.14. The van der Waals surface area contributed by atoms with Crippen molar-refractivity contribution < 1.29 is 4.79 Å². The Morgan fingerprint density at radius 2 is 1.91 bits per heavy atom. The van der Waals surface area contributed by atoms with Gasteiger partial charge in [0.15, 0.2) is 5.82 Å². The summed E-state index contributed by atoms with van der Waals surface area (Å²) in [7, 11) is 0. The highest BCUT2D eigenvalue weighted by molar-refractivity contribution is 9.10. The number of pyridine rings is 1. The average Bonchev–Trinajstić information content (AvgIpc) is 3.04. The third-order valence-corrected chi connectivity index (χ3v) is 4.06. The summed E-state index contributed by atoms with van der Waals surface area (Å²) in [6, 6.07) is 13.1. The Morgan fingerprint density at radius 3 is 2.70 bits per heavy atom. The maximum Gasteiger partial charge on any atom is 0.252 e. The smallest absolute Gasteiger partial charge is 0.252 e. The Kier molecular flexibility index (Phi) is 4.83. The van der Waals surface area contributed by atoms with E-state index in [0.717, 1.165) is 16.0 Å². The van der Waals surface area contributed by atoms with Crippen molar-refractivity contribution in [1.29, 1.82) is 0 Å². The third kappa shape index (κ3) is 3.65. The second-order valence-corrected chi connectivity index (χ2v) is 5.75. The van der Waals surface area contributed by atoms with E-state index in [1.54, 1.807) is 18.5 Å². The van der Waals surface area contributed by atoms with Crippen LogP contribution in [0, 0.1) is 0 Å². The number of carbonyl (C=O) groups is 1. The lowest BCUT2D eigenvalue weighted by molar-refractivity contribution is 0.0951. The Balaban J connectivity index is 1.63. The van der Waals surface area contributed by atoms with Crippen LogP contribution in [-0.2, 0) is 6.54 Å². The molecule has 2 aromatic heterocycles. The molecule has 116 valence electrons. The van der Waals surface area contributed by atoms with Gasteiger partial charge in [0.25, 0.3) is 5.91 Å². The number of benzene rings is 1. The Labute approximate surface area is 142 Å². The number of halogens is 1. The molecule has 3 rings (SSSR count). The molecule has 23 heavy (non-hydrogen) atoms. The summed E-state index contributed by atoms with van der Waals surface area (Å²) < 4.78 is 2.76. The minimum atomic E-state index is -0.100. The zero-order valence-electron chi connectivity index (χ0n) is 12.3. The number of amides is 1. The van der Waals surface area contributed by atoms with Crippen molar-refractivity contribution >= 4 is 21.8 Å². The number of rotatable bonds is 5. The molecule has 6 heteroatoms. The maximum atomic E-state index is 12.2. The van der Waals surface area contributed by atoms with Gasteiger partial charge in [0, 0.05) is 36.2 Å². The predicted molar refractivity (Wildman–Crippen MR) is 91.9 cm³/mol. The number of hydrogen-bond acceptors (Lipinski definition) is 3. The van der Waals surface area contributed by atoms with Crippen LogP contribution in [-0.4, -0.2) is 27.0 Å². The summed E-state index contributed by atoms with van der Waals surface area (Å²) in [5.74, 6) is 0.692. The molecule has 2 heterocycles. The normalized spacial score (nSPS) is 10.5. The second kappa shape index (κ2) is 7.19. The van der Waals surface area contributed by atoms with E-state index < -0.39 is 0 Å². The molecule has 0 fully saturated rings. The van der Waals surface area contributed by atoms with Crippen LogP contribution in [0.1, 0.15) is 10.4 Å². The molecule has 5 nitrogen and oxygen atoms in total. The molecule has 3 aromatic rings. The summed E-state index contributed by atoms with van der Waals surface area (Å²) in [4.78, 5) is 20.8. The van der Waals surface area contributed by atoms with Gasteiger partial charge in [-0.05, 0) is 40.2 Å². The average molecular weight is 371 g/mol. The van der Waals surface area contributed by atoms with Crippen LogP contribution in [0.4, 0.5) is 0 Å². The van der Waals surface area contributed by atoms with Crippen molar-refractivity contribution in [3.05, 3.63) is 71.1 Å². The monoisotopic (exact) mass is 370 g/mol. The van der Waals surface area contributed by atoms with E-state index in [1.165, 1.54) is 0 Å². The molecule has 0 aliphatic heterocycles. The molecule has 0 saturated carbocycles. The minimum absolute atomic E-state index is 0.100. The molecular weight excluding hydrogens is 356 g/mol. The van der Waals surface area contributed by atoms with Crippen LogP contribution in [0.5, 0.6) is 0 Å². The van der Waals surface area contributed by atoms with Crippen LogP contribution < -0.4 is 5.32 Å². The molecule has 0 saturated heterocycles. The van der Waals surface area contributed by atoms with Crippen molar-refractivity contribution in [2.24, 2.45) is 0 Å². The highest BCUT2D eigenvalue weighted by atomic mass is 79.9. The molecule has 1 N–H and O–H groups in total. The highest BCUT2D eigenvalue weighted by Crippen LogP contribution is 2.16. The zero-order chi connectivity index (χ0) is 16.1. The standard InChI is InChI=1S/C17H15BrN4O/c18-14-6-2-1-5-13(14)17(23)21-10-12-22-11-9-20-16(22)15-7-3-4-8-19-15/h1-9,11H,10,12H2,(H,21,23). The molecule has 0 spiro atoms. The topological polar surface area (TPSA) is 59.8 Å². The van der Waals surface area contributed by atoms with Gasteiger partial charge in [0.1, 0.15) is 5.69 Å². The van der Waals surface area contributed by atoms with Crippen LogP contribution >= 0.6 is 15.9 Å². The van der Waals surface area contributed by atoms with Gasteiger partial charge in [-0.15, -0.1) is 0 Å². The summed E-state index contributed by atoms with van der Waals surface area (Å²) in [6.07, 6.45) is 5.36. The van der Waals surface area contributed by atoms with E-state index in [2.05, 4.69) is 31.2 Å². The minimum Gasteiger partial charge on any atom is -0.350 e. The molecule has 1 amide bonds. The highest BCUT2D eigenvalue weighted by Gasteiger charge is 2.10. The summed E-state index contributed by atoms with van der Waals surface area (Å²) >= 11 is 3.39. The SMILES string of the molecule is O=C(NCCn1ccnc1-c1ccccn1)c1ccccc1Br. The summed E-state index contributed by atoms with van der Waals surface area (Å²) in [5.41, 5.74) is 1.44. The van der Waals surface area contributed by atoms with Gasteiger partial charge in [-0.3, -0.25) is 9.78 Å². The van der Waals surface area contributed by atoms with Crippen molar-refractivity contribution in [1.82, 2.24) is 19.9 Å². The maximum absolute atomic E-state index is 12.2. The van der Waals surface area contributed by atoms with Gasteiger partial charge in [-0.1, -0.05) is 18.2 Å². The Hall–Kier alpha value is -2.47. The zero-order valence-corrected chi connectivity index (χ0v) is 13.9. The number of imidazole rings is 1. The first-order valence-corrected chi connectivity index (χ1v) is 8.00. The molecule has 0 atom stereocenters. The second-order valence-electron chi connectivity index (χ2n) is 4.89.